The van der Waals surface area contributed by atoms with Crippen LogP contribution in [0.1, 0.15) is 17.9 Å². The van der Waals surface area contributed by atoms with Crippen LogP contribution in [0.25, 0.3) is 9.78 Å². The second-order valence-electron chi connectivity index (χ2n) is 4.06. The molecule has 1 aromatic heterocycles. The van der Waals surface area contributed by atoms with Gasteiger partial charge in [0.25, 0.3) is 0 Å². The summed E-state index contributed by atoms with van der Waals surface area (Å²) >= 11 is 0.336. The molecule has 1 amide bonds. The first-order chi connectivity index (χ1) is 10.3. The standard InChI is InChI=1S/C11H12N2OSe.C2H6O4S/c1-3-11(14)13-8-4-5-9-10(6-8)15-7(2)12-9;1-5-7(3,4)6-2/h4-6H,3H2,1-2H3,(H,13,14);1-2H3. The zero-order chi connectivity index (χ0) is 16.8. The van der Waals surface area contributed by atoms with Crippen LogP contribution < -0.4 is 5.32 Å². The summed E-state index contributed by atoms with van der Waals surface area (Å²) in [5.41, 5.74) is 1.94. The van der Waals surface area contributed by atoms with Gasteiger partial charge in [0.15, 0.2) is 0 Å². The molecule has 0 saturated heterocycles. The van der Waals surface area contributed by atoms with Crippen molar-refractivity contribution < 1.29 is 21.6 Å². The largest absolute Gasteiger partial charge is 0.399 e. The van der Waals surface area contributed by atoms with Gasteiger partial charge in [0.2, 0.25) is 0 Å². The number of carbonyl (C=O) groups is 1. The van der Waals surface area contributed by atoms with Gasteiger partial charge in [-0.1, -0.05) is 0 Å². The Bertz CT molecular complexity index is 732. The SMILES string of the molecule is CCC(=O)Nc1ccc2nc(C)[se]c2c1.COS(=O)(=O)OC. The van der Waals surface area contributed by atoms with Crippen LogP contribution >= 0.6 is 0 Å². The predicted octanol–water partition coefficient (Wildman–Crippen LogP) is 1.47. The topological polar surface area (TPSA) is 94.6 Å². The van der Waals surface area contributed by atoms with Crippen LogP contribution in [-0.2, 0) is 23.6 Å². The number of hydrogen-bond acceptors (Lipinski definition) is 6. The number of nitrogens with one attached hydrogen (secondary N) is 1. The molecule has 122 valence electrons. The summed E-state index contributed by atoms with van der Waals surface area (Å²) in [6, 6.07) is 5.91. The Morgan fingerprint density at radius 3 is 2.45 bits per heavy atom. The minimum Gasteiger partial charge on any atom is -0.252 e. The fourth-order valence-electron chi connectivity index (χ4n) is 1.43. The third kappa shape index (κ3) is 5.86. The Kier molecular flexibility index (Phi) is 7.18. The van der Waals surface area contributed by atoms with E-state index < -0.39 is 10.4 Å². The van der Waals surface area contributed by atoms with Crippen molar-refractivity contribution in [3.8, 4) is 0 Å². The summed E-state index contributed by atoms with van der Waals surface area (Å²) < 4.78 is 30.0. The maximum Gasteiger partial charge on any atom is 0.399 e. The molecule has 22 heavy (non-hydrogen) atoms. The van der Waals surface area contributed by atoms with E-state index in [0.29, 0.717) is 20.9 Å². The number of nitrogens with zero attached hydrogens (tertiary/aromatic N) is 1. The number of aryl methyl sites for hydroxylation is 1. The molecule has 0 bridgehead atoms. The second-order valence-corrected chi connectivity index (χ2v) is 8.13. The summed E-state index contributed by atoms with van der Waals surface area (Å²) in [4.78, 5) is 15.6. The Labute approximate surface area is 135 Å². The molecule has 0 unspecified atom stereocenters. The molecule has 0 aliphatic rings. The van der Waals surface area contributed by atoms with Crippen molar-refractivity contribution in [3.63, 3.8) is 0 Å². The van der Waals surface area contributed by atoms with Crippen molar-refractivity contribution in [2.45, 2.75) is 20.3 Å². The van der Waals surface area contributed by atoms with Crippen molar-refractivity contribution in [2.75, 3.05) is 19.5 Å². The maximum atomic E-state index is 11.2. The maximum absolute atomic E-state index is 11.2. The van der Waals surface area contributed by atoms with Gasteiger partial charge < -0.3 is 0 Å². The van der Waals surface area contributed by atoms with Crippen LogP contribution in [-0.4, -0.2) is 48.0 Å². The molecule has 2 aromatic rings. The Balaban J connectivity index is 0.000000295. The van der Waals surface area contributed by atoms with Crippen molar-refractivity contribution in [3.05, 3.63) is 22.8 Å². The molecule has 0 atom stereocenters. The van der Waals surface area contributed by atoms with Gasteiger partial charge in [-0.3, -0.25) is 8.37 Å². The number of aromatic nitrogens is 1. The minimum absolute atomic E-state index is 0.0538. The number of fused-ring (bicyclic) bond motifs is 1. The molecule has 0 saturated carbocycles. The third-order valence-electron chi connectivity index (χ3n) is 2.51. The first kappa shape index (κ1) is 18.8. The molecule has 1 aromatic carbocycles. The van der Waals surface area contributed by atoms with Crippen LogP contribution in [0, 0.1) is 6.92 Å². The van der Waals surface area contributed by atoms with E-state index in [4.69, 9.17) is 0 Å². The van der Waals surface area contributed by atoms with Gasteiger partial charge in [0.1, 0.15) is 0 Å². The predicted molar refractivity (Wildman–Crippen MR) is 85.3 cm³/mol. The van der Waals surface area contributed by atoms with Gasteiger partial charge in [0.05, 0.1) is 14.2 Å². The van der Waals surface area contributed by atoms with E-state index in [2.05, 4.69) is 18.7 Å². The van der Waals surface area contributed by atoms with E-state index in [1.54, 1.807) is 0 Å². The summed E-state index contributed by atoms with van der Waals surface area (Å²) in [5.74, 6) is 0.0538. The van der Waals surface area contributed by atoms with Gasteiger partial charge >= 0.3 is 104 Å². The van der Waals surface area contributed by atoms with Crippen molar-refractivity contribution in [2.24, 2.45) is 0 Å². The zero-order valence-electron chi connectivity index (χ0n) is 12.7. The number of benzene rings is 1. The summed E-state index contributed by atoms with van der Waals surface area (Å²) in [7, 11) is -1.60. The molecule has 2 rings (SSSR count). The molecule has 0 radical (unpaired) electrons. The summed E-state index contributed by atoms with van der Waals surface area (Å²) in [5, 5.41) is 2.86. The fourth-order valence-corrected chi connectivity index (χ4v) is 3.39. The first-order valence-corrected chi connectivity index (χ1v) is 9.39. The summed E-state index contributed by atoms with van der Waals surface area (Å²) in [6.45, 7) is 3.89. The van der Waals surface area contributed by atoms with Crippen LogP contribution in [0.5, 0.6) is 0 Å². The van der Waals surface area contributed by atoms with E-state index in [-0.39, 0.29) is 5.91 Å². The van der Waals surface area contributed by atoms with Crippen molar-refractivity contribution in [1.82, 2.24) is 4.98 Å². The second kappa shape index (κ2) is 8.40. The monoisotopic (exact) mass is 394 g/mol. The van der Waals surface area contributed by atoms with Crippen LogP contribution in [0.3, 0.4) is 0 Å². The van der Waals surface area contributed by atoms with E-state index in [1.165, 1.54) is 8.83 Å². The van der Waals surface area contributed by atoms with E-state index in [1.807, 2.05) is 32.0 Å². The van der Waals surface area contributed by atoms with Crippen LogP contribution in [0.4, 0.5) is 5.69 Å². The van der Waals surface area contributed by atoms with E-state index >= 15 is 0 Å². The van der Waals surface area contributed by atoms with E-state index in [0.717, 1.165) is 25.4 Å². The number of anilines is 1. The molecule has 0 aliphatic carbocycles. The molecule has 1 N–H and O–H groups in total. The first-order valence-electron chi connectivity index (χ1n) is 6.34. The average Bonchev–Trinajstić information content (AvgIpc) is 2.87. The third-order valence-corrected chi connectivity index (χ3v) is 5.28. The van der Waals surface area contributed by atoms with Crippen LogP contribution in [0.15, 0.2) is 18.2 Å². The summed E-state index contributed by atoms with van der Waals surface area (Å²) in [6.07, 6.45) is 0.512. The molecular formula is C13H18N2O5SSe. The van der Waals surface area contributed by atoms with Crippen LogP contribution in [0.2, 0.25) is 0 Å². The fraction of sp³-hybridized carbons (Fsp3) is 0.385. The number of rotatable bonds is 4. The van der Waals surface area contributed by atoms with Gasteiger partial charge in [-0.25, -0.2) is 0 Å². The number of amides is 1. The zero-order valence-corrected chi connectivity index (χ0v) is 15.3. The number of carbonyl (C=O) groups excluding carboxylic acids is 1. The number of hydrogen-bond donors (Lipinski definition) is 1. The van der Waals surface area contributed by atoms with E-state index in [9.17, 15) is 13.2 Å². The normalized spacial score (nSPS) is 10.9. The quantitative estimate of drug-likeness (QED) is 0.791. The molecular weight excluding hydrogens is 375 g/mol. The Morgan fingerprint density at radius 2 is 1.95 bits per heavy atom. The molecule has 0 aliphatic heterocycles. The van der Waals surface area contributed by atoms with Gasteiger partial charge in [-0.05, 0) is 0 Å². The molecule has 0 spiro atoms. The smallest absolute Gasteiger partial charge is 0.252 e. The van der Waals surface area contributed by atoms with Gasteiger partial charge in [0, 0.05) is 0 Å². The van der Waals surface area contributed by atoms with Crippen molar-refractivity contribution >= 4 is 46.3 Å². The Morgan fingerprint density at radius 1 is 1.32 bits per heavy atom. The van der Waals surface area contributed by atoms with Gasteiger partial charge in [-0.2, -0.15) is 8.42 Å². The average molecular weight is 393 g/mol. The molecule has 9 heteroatoms. The molecule has 1 heterocycles. The minimum atomic E-state index is -3.66. The molecule has 7 nitrogen and oxygen atoms in total. The Hall–Kier alpha value is -1.25. The van der Waals surface area contributed by atoms with Gasteiger partial charge in [-0.15, -0.1) is 0 Å². The van der Waals surface area contributed by atoms with Crippen molar-refractivity contribution in [1.29, 1.82) is 0 Å². The molecule has 0 fully saturated rings.